The first-order valence-electron chi connectivity index (χ1n) is 6.56. The lowest BCUT2D eigenvalue weighted by Crippen LogP contribution is -2.37. The summed E-state index contributed by atoms with van der Waals surface area (Å²) in [5, 5.41) is 2.69. The molecule has 0 saturated carbocycles. The fourth-order valence-corrected chi connectivity index (χ4v) is 2.24. The van der Waals surface area contributed by atoms with Gasteiger partial charge in [0.1, 0.15) is 6.04 Å². The zero-order chi connectivity index (χ0) is 13.8. The number of imide groups is 1. The molecule has 2 unspecified atom stereocenters. The summed E-state index contributed by atoms with van der Waals surface area (Å²) in [7, 11) is 0. The highest BCUT2D eigenvalue weighted by molar-refractivity contribution is 6.04. The van der Waals surface area contributed by atoms with Crippen LogP contribution in [0.1, 0.15) is 31.4 Å². The molecule has 102 valence electrons. The lowest BCUT2D eigenvalue weighted by molar-refractivity contribution is -0.127. The Bertz CT molecular complexity index is 461. The molecule has 1 aromatic carbocycles. The Balaban J connectivity index is 2.03. The third-order valence-electron chi connectivity index (χ3n) is 3.29. The fraction of sp³-hybridized carbons (Fsp3) is 0.429. The molecule has 1 fully saturated rings. The molecule has 0 aromatic heterocycles. The van der Waals surface area contributed by atoms with Gasteiger partial charge in [-0.15, -0.1) is 0 Å². The Morgan fingerprint density at radius 3 is 2.63 bits per heavy atom. The monoisotopic (exact) mass is 261 g/mol. The average molecular weight is 261 g/mol. The summed E-state index contributed by atoms with van der Waals surface area (Å²) in [5.74, 6) is -0.168. The second-order valence-electron chi connectivity index (χ2n) is 4.76. The van der Waals surface area contributed by atoms with Gasteiger partial charge in [0.25, 0.3) is 5.91 Å². The molecule has 1 aromatic rings. The van der Waals surface area contributed by atoms with Crippen LogP contribution in [0.2, 0.25) is 0 Å². The predicted octanol–water partition coefficient (Wildman–Crippen LogP) is 1.41. The van der Waals surface area contributed by atoms with Crippen LogP contribution in [0.5, 0.6) is 0 Å². The molecule has 0 spiro atoms. The lowest BCUT2D eigenvalue weighted by atomic mass is 10.1. The number of nitrogens with zero attached hydrogens (tertiary/aromatic N) is 1. The molecule has 3 amide bonds. The summed E-state index contributed by atoms with van der Waals surface area (Å²) in [6.45, 7) is 2.20. The number of hydrogen-bond acceptors (Lipinski definition) is 3. The molecule has 0 aliphatic carbocycles. The van der Waals surface area contributed by atoms with E-state index >= 15 is 0 Å². The Morgan fingerprint density at radius 2 is 2.00 bits per heavy atom. The Kier molecular flexibility index (Phi) is 4.16. The molecule has 2 atom stereocenters. The maximum Gasteiger partial charge on any atom is 0.324 e. The van der Waals surface area contributed by atoms with Crippen molar-refractivity contribution in [1.82, 2.24) is 10.2 Å². The van der Waals surface area contributed by atoms with Gasteiger partial charge < -0.3 is 11.1 Å². The largest absolute Gasteiger partial charge is 0.326 e. The van der Waals surface area contributed by atoms with Crippen LogP contribution in [0, 0.1) is 0 Å². The molecule has 2 rings (SSSR count). The zero-order valence-corrected chi connectivity index (χ0v) is 11.0. The van der Waals surface area contributed by atoms with E-state index in [9.17, 15) is 9.59 Å². The minimum absolute atomic E-state index is 0.168. The van der Waals surface area contributed by atoms with E-state index in [0.717, 1.165) is 12.0 Å². The first kappa shape index (κ1) is 13.5. The van der Waals surface area contributed by atoms with Crippen molar-refractivity contribution in [2.45, 2.75) is 31.8 Å². The highest BCUT2D eigenvalue weighted by Gasteiger charge is 2.37. The van der Waals surface area contributed by atoms with Gasteiger partial charge in [-0.2, -0.15) is 0 Å². The summed E-state index contributed by atoms with van der Waals surface area (Å²) in [5.41, 5.74) is 6.96. The van der Waals surface area contributed by atoms with Crippen molar-refractivity contribution < 1.29 is 9.59 Å². The number of carbonyl (C=O) groups is 2. The Morgan fingerprint density at radius 1 is 1.32 bits per heavy atom. The highest BCUT2D eigenvalue weighted by Crippen LogP contribution is 2.16. The fourth-order valence-electron chi connectivity index (χ4n) is 2.24. The zero-order valence-electron chi connectivity index (χ0n) is 11.0. The van der Waals surface area contributed by atoms with Gasteiger partial charge in [0.15, 0.2) is 0 Å². The summed E-state index contributed by atoms with van der Waals surface area (Å²) in [4.78, 5) is 25.1. The number of nitrogens with two attached hydrogens (primary N) is 1. The molecule has 1 aliphatic heterocycles. The van der Waals surface area contributed by atoms with Gasteiger partial charge >= 0.3 is 6.03 Å². The summed E-state index contributed by atoms with van der Waals surface area (Å²) in [6.07, 6.45) is 1.52. The quantitative estimate of drug-likeness (QED) is 0.787. The van der Waals surface area contributed by atoms with E-state index in [1.165, 1.54) is 4.90 Å². The first-order valence-corrected chi connectivity index (χ1v) is 6.56. The lowest BCUT2D eigenvalue weighted by Gasteiger charge is -2.18. The number of nitrogens with one attached hydrogen (secondary N) is 1. The Labute approximate surface area is 112 Å². The van der Waals surface area contributed by atoms with Crippen LogP contribution >= 0.6 is 0 Å². The van der Waals surface area contributed by atoms with Crippen molar-refractivity contribution in [3.63, 3.8) is 0 Å². The van der Waals surface area contributed by atoms with E-state index in [0.29, 0.717) is 6.42 Å². The first-order chi connectivity index (χ1) is 9.13. The van der Waals surface area contributed by atoms with Crippen molar-refractivity contribution in [3.05, 3.63) is 35.9 Å². The summed E-state index contributed by atoms with van der Waals surface area (Å²) >= 11 is 0. The van der Waals surface area contributed by atoms with Crippen LogP contribution in [-0.2, 0) is 4.79 Å². The van der Waals surface area contributed by atoms with Crippen molar-refractivity contribution in [2.24, 2.45) is 5.73 Å². The van der Waals surface area contributed by atoms with Crippen molar-refractivity contribution in [2.75, 3.05) is 6.54 Å². The Hall–Kier alpha value is -1.88. The number of hydrogen-bond donors (Lipinski definition) is 2. The minimum atomic E-state index is -0.388. The van der Waals surface area contributed by atoms with Crippen molar-refractivity contribution in [1.29, 1.82) is 0 Å². The van der Waals surface area contributed by atoms with Gasteiger partial charge in [0.2, 0.25) is 0 Å². The highest BCUT2D eigenvalue weighted by atomic mass is 16.2. The van der Waals surface area contributed by atoms with Crippen LogP contribution in [0.15, 0.2) is 30.3 Å². The molecule has 0 radical (unpaired) electrons. The summed E-state index contributed by atoms with van der Waals surface area (Å²) < 4.78 is 0. The summed E-state index contributed by atoms with van der Waals surface area (Å²) in [6, 6.07) is 8.40. The molecule has 1 saturated heterocycles. The predicted molar refractivity (Wildman–Crippen MR) is 72.3 cm³/mol. The second-order valence-corrected chi connectivity index (χ2v) is 4.76. The van der Waals surface area contributed by atoms with Crippen molar-refractivity contribution >= 4 is 11.9 Å². The van der Waals surface area contributed by atoms with Crippen LogP contribution in [0.25, 0.3) is 0 Å². The SMILES string of the molecule is CCCC1NC(=O)N(CC(N)c2ccccc2)C1=O. The molecule has 3 N–H and O–H groups in total. The van der Waals surface area contributed by atoms with Crippen LogP contribution < -0.4 is 11.1 Å². The number of benzene rings is 1. The van der Waals surface area contributed by atoms with E-state index in [2.05, 4.69) is 5.32 Å². The number of urea groups is 1. The molecule has 5 heteroatoms. The molecule has 0 bridgehead atoms. The van der Waals surface area contributed by atoms with E-state index < -0.39 is 0 Å². The number of rotatable bonds is 5. The van der Waals surface area contributed by atoms with Gasteiger partial charge in [-0.25, -0.2) is 4.79 Å². The van der Waals surface area contributed by atoms with Gasteiger partial charge in [0, 0.05) is 12.6 Å². The van der Waals surface area contributed by atoms with Crippen LogP contribution in [0.4, 0.5) is 4.79 Å². The normalized spacial score (nSPS) is 20.5. The topological polar surface area (TPSA) is 75.4 Å². The maximum absolute atomic E-state index is 12.1. The molecular weight excluding hydrogens is 242 g/mol. The van der Waals surface area contributed by atoms with E-state index in [4.69, 9.17) is 5.73 Å². The van der Waals surface area contributed by atoms with Crippen LogP contribution in [-0.4, -0.2) is 29.4 Å². The van der Waals surface area contributed by atoms with E-state index in [1.54, 1.807) is 0 Å². The standard InChI is InChI=1S/C14H19N3O2/c1-2-6-12-13(18)17(14(19)16-12)9-11(15)10-7-4-3-5-8-10/h3-5,7-8,11-12H,2,6,9,15H2,1H3,(H,16,19). The maximum atomic E-state index is 12.1. The van der Waals surface area contributed by atoms with Gasteiger partial charge in [-0.05, 0) is 12.0 Å². The molecule has 1 heterocycles. The average Bonchev–Trinajstić information content (AvgIpc) is 2.68. The molecule has 1 aliphatic rings. The number of carbonyl (C=O) groups excluding carboxylic acids is 2. The van der Waals surface area contributed by atoms with Gasteiger partial charge in [0.05, 0.1) is 0 Å². The van der Waals surface area contributed by atoms with E-state index in [1.807, 2.05) is 37.3 Å². The van der Waals surface area contributed by atoms with E-state index in [-0.39, 0.29) is 30.6 Å². The smallest absolute Gasteiger partial charge is 0.324 e. The minimum Gasteiger partial charge on any atom is -0.326 e. The molecule has 5 nitrogen and oxygen atoms in total. The third-order valence-corrected chi connectivity index (χ3v) is 3.29. The van der Waals surface area contributed by atoms with Crippen LogP contribution in [0.3, 0.4) is 0 Å². The molecule has 19 heavy (non-hydrogen) atoms. The van der Waals surface area contributed by atoms with Crippen molar-refractivity contribution in [3.8, 4) is 0 Å². The second kappa shape index (κ2) is 5.84. The van der Waals surface area contributed by atoms with Gasteiger partial charge in [-0.3, -0.25) is 9.69 Å². The molecular formula is C14H19N3O2. The van der Waals surface area contributed by atoms with Gasteiger partial charge in [-0.1, -0.05) is 43.7 Å². The third kappa shape index (κ3) is 2.93. The number of amides is 3.